The standard InChI is InChI=1S/C22H25F2N3O3/c23-21(24)14-6-4-13(5-7-14)8-18-20(19(28)12-26-18)30-22(29)27-10-16-3-1-2-15-9-25-11-17(15)16/h1-7,18-21,25-26,28H,8-12H2,(H,27,29)/t18-,19+,20+/m1/s1. The predicted molar refractivity (Wildman–Crippen MR) is 107 cm³/mol. The van der Waals surface area contributed by atoms with Crippen LogP contribution in [-0.4, -0.2) is 36.0 Å². The van der Waals surface area contributed by atoms with Crippen molar-refractivity contribution in [2.24, 2.45) is 0 Å². The topological polar surface area (TPSA) is 82.6 Å². The molecule has 1 amide bonds. The lowest BCUT2D eigenvalue weighted by atomic mass is 10.0. The van der Waals surface area contributed by atoms with E-state index in [1.807, 2.05) is 12.1 Å². The van der Waals surface area contributed by atoms with Crippen LogP contribution in [0.25, 0.3) is 0 Å². The Morgan fingerprint density at radius 1 is 1.20 bits per heavy atom. The second kappa shape index (κ2) is 9.07. The van der Waals surface area contributed by atoms with Gasteiger partial charge in [0.1, 0.15) is 12.2 Å². The van der Waals surface area contributed by atoms with Crippen molar-refractivity contribution in [1.29, 1.82) is 0 Å². The van der Waals surface area contributed by atoms with Crippen LogP contribution < -0.4 is 16.0 Å². The summed E-state index contributed by atoms with van der Waals surface area (Å²) in [6, 6.07) is 11.8. The van der Waals surface area contributed by atoms with Crippen LogP contribution in [0.4, 0.5) is 13.6 Å². The minimum Gasteiger partial charge on any atom is -0.442 e. The van der Waals surface area contributed by atoms with E-state index >= 15 is 0 Å². The van der Waals surface area contributed by atoms with Gasteiger partial charge in [0, 0.05) is 31.7 Å². The fourth-order valence-corrected chi connectivity index (χ4v) is 4.08. The summed E-state index contributed by atoms with van der Waals surface area (Å²) < 4.78 is 30.9. The van der Waals surface area contributed by atoms with Crippen molar-refractivity contribution in [3.63, 3.8) is 0 Å². The Kier molecular flexibility index (Phi) is 6.26. The van der Waals surface area contributed by atoms with Crippen LogP contribution in [0, 0.1) is 0 Å². The highest BCUT2D eigenvalue weighted by atomic mass is 19.3. The average molecular weight is 417 g/mol. The third kappa shape index (κ3) is 4.61. The second-order valence-corrected chi connectivity index (χ2v) is 7.71. The number of carbonyl (C=O) groups is 1. The van der Waals surface area contributed by atoms with E-state index in [0.29, 0.717) is 19.5 Å². The van der Waals surface area contributed by atoms with E-state index in [1.165, 1.54) is 23.3 Å². The molecule has 30 heavy (non-hydrogen) atoms. The first-order valence-electron chi connectivity index (χ1n) is 10.0. The Morgan fingerprint density at radius 3 is 2.77 bits per heavy atom. The van der Waals surface area contributed by atoms with Gasteiger partial charge in [-0.15, -0.1) is 0 Å². The van der Waals surface area contributed by atoms with E-state index in [0.717, 1.165) is 24.2 Å². The summed E-state index contributed by atoms with van der Waals surface area (Å²) in [7, 11) is 0. The molecule has 1 saturated heterocycles. The first kappa shape index (κ1) is 20.7. The maximum absolute atomic E-state index is 12.7. The van der Waals surface area contributed by atoms with Crippen LogP contribution >= 0.6 is 0 Å². The molecule has 1 fully saturated rings. The number of fused-ring (bicyclic) bond motifs is 1. The van der Waals surface area contributed by atoms with Crippen molar-refractivity contribution >= 4 is 6.09 Å². The lowest BCUT2D eigenvalue weighted by molar-refractivity contribution is 0.0188. The summed E-state index contributed by atoms with van der Waals surface area (Å²) in [6.45, 7) is 2.25. The zero-order valence-corrected chi connectivity index (χ0v) is 16.4. The third-order valence-corrected chi connectivity index (χ3v) is 5.71. The van der Waals surface area contributed by atoms with Crippen LogP contribution in [0.3, 0.4) is 0 Å². The molecule has 0 aliphatic carbocycles. The van der Waals surface area contributed by atoms with Crippen LogP contribution in [0.5, 0.6) is 0 Å². The molecule has 8 heteroatoms. The van der Waals surface area contributed by atoms with Gasteiger partial charge in [-0.25, -0.2) is 13.6 Å². The molecule has 2 aromatic carbocycles. The summed E-state index contributed by atoms with van der Waals surface area (Å²) >= 11 is 0. The largest absolute Gasteiger partial charge is 0.442 e. The number of aliphatic hydroxyl groups excluding tert-OH is 1. The van der Waals surface area contributed by atoms with Gasteiger partial charge < -0.3 is 25.8 Å². The molecule has 0 spiro atoms. The molecule has 6 nitrogen and oxygen atoms in total. The summed E-state index contributed by atoms with van der Waals surface area (Å²) in [5, 5.41) is 19.4. The minimum atomic E-state index is -2.51. The van der Waals surface area contributed by atoms with Gasteiger partial charge in [0.05, 0.1) is 6.04 Å². The van der Waals surface area contributed by atoms with Gasteiger partial charge in [0.25, 0.3) is 6.43 Å². The molecule has 0 unspecified atom stereocenters. The van der Waals surface area contributed by atoms with E-state index in [-0.39, 0.29) is 11.6 Å². The number of hydrogen-bond acceptors (Lipinski definition) is 5. The van der Waals surface area contributed by atoms with Gasteiger partial charge in [-0.05, 0) is 28.7 Å². The highest BCUT2D eigenvalue weighted by Crippen LogP contribution is 2.22. The van der Waals surface area contributed by atoms with Crippen molar-refractivity contribution in [2.75, 3.05) is 6.54 Å². The predicted octanol–water partition coefficient (Wildman–Crippen LogP) is 2.40. The lowest BCUT2D eigenvalue weighted by Gasteiger charge is -2.22. The van der Waals surface area contributed by atoms with E-state index in [4.69, 9.17) is 4.74 Å². The number of amides is 1. The first-order valence-corrected chi connectivity index (χ1v) is 10.0. The molecule has 160 valence electrons. The fourth-order valence-electron chi connectivity index (χ4n) is 4.08. The zero-order chi connectivity index (χ0) is 21.1. The number of aliphatic hydroxyl groups is 1. The molecule has 2 aliphatic rings. The molecule has 0 bridgehead atoms. The Labute approximate surface area is 173 Å². The Bertz CT molecular complexity index is 892. The van der Waals surface area contributed by atoms with Crippen LogP contribution in [-0.2, 0) is 30.8 Å². The highest BCUT2D eigenvalue weighted by molar-refractivity contribution is 5.67. The van der Waals surface area contributed by atoms with Gasteiger partial charge in [-0.1, -0.05) is 42.5 Å². The van der Waals surface area contributed by atoms with Crippen molar-refractivity contribution in [3.8, 4) is 0 Å². The maximum Gasteiger partial charge on any atom is 0.407 e. The van der Waals surface area contributed by atoms with Gasteiger partial charge in [-0.3, -0.25) is 0 Å². The zero-order valence-electron chi connectivity index (χ0n) is 16.4. The Balaban J connectivity index is 1.34. The Hall–Kier alpha value is -2.55. The fraction of sp³-hybridized carbons (Fsp3) is 0.409. The van der Waals surface area contributed by atoms with Crippen molar-refractivity contribution in [3.05, 3.63) is 70.3 Å². The summed E-state index contributed by atoms with van der Waals surface area (Å²) in [5.41, 5.74) is 4.26. The molecule has 3 atom stereocenters. The van der Waals surface area contributed by atoms with Crippen molar-refractivity contribution in [2.45, 2.75) is 50.7 Å². The number of alkyl carbamates (subject to hydrolysis) is 1. The number of hydrogen-bond donors (Lipinski definition) is 4. The quantitative estimate of drug-likeness (QED) is 0.580. The van der Waals surface area contributed by atoms with E-state index in [2.05, 4.69) is 22.0 Å². The lowest BCUT2D eigenvalue weighted by Crippen LogP contribution is -2.41. The molecule has 0 aromatic heterocycles. The second-order valence-electron chi connectivity index (χ2n) is 7.71. The highest BCUT2D eigenvalue weighted by Gasteiger charge is 2.37. The van der Waals surface area contributed by atoms with E-state index < -0.39 is 24.7 Å². The molecule has 2 aliphatic heterocycles. The van der Waals surface area contributed by atoms with Crippen molar-refractivity contribution in [1.82, 2.24) is 16.0 Å². The number of nitrogens with one attached hydrogen (secondary N) is 3. The van der Waals surface area contributed by atoms with Crippen LogP contribution in [0.1, 0.15) is 34.2 Å². The molecule has 4 N–H and O–H groups in total. The average Bonchev–Trinajstić information content (AvgIpc) is 3.35. The summed E-state index contributed by atoms with van der Waals surface area (Å²) in [6.07, 6.45) is -4.19. The third-order valence-electron chi connectivity index (χ3n) is 5.71. The van der Waals surface area contributed by atoms with Gasteiger partial charge in [0.15, 0.2) is 0 Å². The van der Waals surface area contributed by atoms with E-state index in [1.54, 1.807) is 12.1 Å². The smallest absolute Gasteiger partial charge is 0.407 e. The minimum absolute atomic E-state index is 0.0343. The van der Waals surface area contributed by atoms with Gasteiger partial charge in [0.2, 0.25) is 0 Å². The van der Waals surface area contributed by atoms with E-state index in [9.17, 15) is 18.7 Å². The molecule has 2 heterocycles. The molecular weight excluding hydrogens is 392 g/mol. The number of alkyl halides is 2. The monoisotopic (exact) mass is 417 g/mol. The number of carbonyl (C=O) groups excluding carboxylic acids is 1. The maximum atomic E-state index is 12.7. The molecule has 4 rings (SSSR count). The number of benzene rings is 2. The van der Waals surface area contributed by atoms with Crippen LogP contribution in [0.2, 0.25) is 0 Å². The SMILES string of the molecule is O=C(NCc1cccc2c1CNC2)O[C@@H]1[C@@H](O)CN[C@@H]1Cc1ccc(C(F)F)cc1. The Morgan fingerprint density at radius 2 is 2.00 bits per heavy atom. The van der Waals surface area contributed by atoms with Gasteiger partial charge >= 0.3 is 6.09 Å². The number of β-amino-alcohol motifs (C(OH)–C–C–N with tert-alkyl or cyclic N) is 1. The molecular formula is C22H25F2N3O3. The summed E-state index contributed by atoms with van der Waals surface area (Å²) in [4.78, 5) is 12.4. The molecule has 0 saturated carbocycles. The van der Waals surface area contributed by atoms with Crippen molar-refractivity contribution < 1.29 is 23.4 Å². The number of rotatable bonds is 6. The van der Waals surface area contributed by atoms with Gasteiger partial charge in [-0.2, -0.15) is 0 Å². The van der Waals surface area contributed by atoms with Crippen LogP contribution in [0.15, 0.2) is 42.5 Å². The first-order chi connectivity index (χ1) is 14.5. The summed E-state index contributed by atoms with van der Waals surface area (Å²) in [5.74, 6) is 0. The number of ether oxygens (including phenoxy) is 1. The number of halogens is 2. The normalized spacial score (nSPS) is 22.9. The molecule has 0 radical (unpaired) electrons. The molecule has 2 aromatic rings.